The van der Waals surface area contributed by atoms with E-state index in [2.05, 4.69) is 13.8 Å². The Labute approximate surface area is 83.0 Å². The van der Waals surface area contributed by atoms with Crippen LogP contribution in [0.25, 0.3) is 0 Å². The highest BCUT2D eigenvalue weighted by Gasteiger charge is 2.15. The monoisotopic (exact) mass is 194 g/mol. The number of hydrogen-bond acceptors (Lipinski definition) is 2. The highest BCUT2D eigenvalue weighted by molar-refractivity contribution is 5.73. The topological polar surface area (TPSA) is 57.5 Å². The van der Waals surface area contributed by atoms with Crippen LogP contribution in [0, 0.1) is 0 Å². The molecule has 3 heteroatoms. The molecule has 0 aliphatic rings. The first-order valence-electron chi connectivity index (χ1n) is 4.53. The predicted molar refractivity (Wildman–Crippen MR) is 53.1 cm³/mol. The van der Waals surface area contributed by atoms with Crippen molar-refractivity contribution in [1.82, 2.24) is 0 Å². The van der Waals surface area contributed by atoms with E-state index in [9.17, 15) is 9.90 Å². The minimum absolute atomic E-state index is 0.408. The van der Waals surface area contributed by atoms with Gasteiger partial charge in [0.15, 0.2) is 6.10 Å². The van der Waals surface area contributed by atoms with Gasteiger partial charge in [-0.25, -0.2) is 4.79 Å². The highest BCUT2D eigenvalue weighted by Crippen LogP contribution is 2.18. The maximum absolute atomic E-state index is 10.5. The van der Waals surface area contributed by atoms with Gasteiger partial charge in [-0.2, -0.15) is 0 Å². The first-order chi connectivity index (χ1) is 6.52. The lowest BCUT2D eigenvalue weighted by Gasteiger charge is -2.08. The van der Waals surface area contributed by atoms with Gasteiger partial charge in [-0.15, -0.1) is 0 Å². The Hall–Kier alpha value is -1.35. The van der Waals surface area contributed by atoms with Crippen LogP contribution < -0.4 is 0 Å². The number of aliphatic carboxylic acids is 1. The third-order valence-electron chi connectivity index (χ3n) is 2.15. The Kier molecular flexibility index (Phi) is 3.25. The molecule has 3 nitrogen and oxygen atoms in total. The molecule has 1 aromatic rings. The molecule has 0 saturated carbocycles. The Morgan fingerprint density at radius 1 is 1.14 bits per heavy atom. The van der Waals surface area contributed by atoms with Gasteiger partial charge in [0.2, 0.25) is 0 Å². The maximum atomic E-state index is 10.5. The Balaban J connectivity index is 2.88. The molecule has 0 radical (unpaired) electrons. The number of carboxylic acid groups (broad SMARTS) is 1. The second kappa shape index (κ2) is 4.24. The van der Waals surface area contributed by atoms with Crippen molar-refractivity contribution in [2.75, 3.05) is 0 Å². The molecule has 14 heavy (non-hydrogen) atoms. The average Bonchev–Trinajstić information content (AvgIpc) is 2.16. The van der Waals surface area contributed by atoms with Crippen LogP contribution in [0.4, 0.5) is 0 Å². The smallest absolute Gasteiger partial charge is 0.337 e. The normalized spacial score (nSPS) is 12.9. The average molecular weight is 194 g/mol. The van der Waals surface area contributed by atoms with Crippen molar-refractivity contribution in [3.8, 4) is 0 Å². The molecule has 1 aromatic carbocycles. The van der Waals surface area contributed by atoms with E-state index in [-0.39, 0.29) is 0 Å². The van der Waals surface area contributed by atoms with E-state index >= 15 is 0 Å². The van der Waals surface area contributed by atoms with Gasteiger partial charge in [0.1, 0.15) is 0 Å². The van der Waals surface area contributed by atoms with Crippen LogP contribution in [0.15, 0.2) is 24.3 Å². The van der Waals surface area contributed by atoms with Crippen LogP contribution in [0.1, 0.15) is 37.0 Å². The first kappa shape index (κ1) is 10.7. The number of aliphatic hydroxyl groups excluding tert-OH is 1. The molecule has 0 aliphatic carbocycles. The molecule has 0 saturated heterocycles. The van der Waals surface area contributed by atoms with Crippen molar-refractivity contribution < 1.29 is 15.0 Å². The molecule has 0 aromatic heterocycles. The molecular formula is C11H14O3. The van der Waals surface area contributed by atoms with Crippen molar-refractivity contribution >= 4 is 5.97 Å². The van der Waals surface area contributed by atoms with E-state index in [1.165, 1.54) is 0 Å². The van der Waals surface area contributed by atoms with E-state index in [1.807, 2.05) is 12.1 Å². The fourth-order valence-electron chi connectivity index (χ4n) is 1.21. The summed E-state index contributed by atoms with van der Waals surface area (Å²) in [4.78, 5) is 10.5. The van der Waals surface area contributed by atoms with E-state index in [0.717, 1.165) is 5.56 Å². The summed E-state index contributed by atoms with van der Waals surface area (Å²) in [5, 5.41) is 17.8. The zero-order chi connectivity index (χ0) is 10.7. The van der Waals surface area contributed by atoms with Crippen molar-refractivity contribution in [3.63, 3.8) is 0 Å². The van der Waals surface area contributed by atoms with Crippen molar-refractivity contribution in [2.45, 2.75) is 25.9 Å². The molecule has 0 spiro atoms. The van der Waals surface area contributed by atoms with Gasteiger partial charge in [0.05, 0.1) is 0 Å². The number of hydrogen-bond donors (Lipinski definition) is 2. The second-order valence-electron chi connectivity index (χ2n) is 3.56. The Morgan fingerprint density at radius 2 is 1.57 bits per heavy atom. The van der Waals surface area contributed by atoms with Crippen molar-refractivity contribution in [1.29, 1.82) is 0 Å². The Bertz CT molecular complexity index is 314. The van der Waals surface area contributed by atoms with E-state index < -0.39 is 12.1 Å². The molecule has 0 bridgehead atoms. The molecule has 76 valence electrons. The molecule has 0 heterocycles. The number of carboxylic acids is 1. The summed E-state index contributed by atoms with van der Waals surface area (Å²) in [5.41, 5.74) is 1.55. The lowest BCUT2D eigenvalue weighted by molar-refractivity contribution is -0.146. The van der Waals surface area contributed by atoms with Crippen molar-refractivity contribution in [2.24, 2.45) is 0 Å². The van der Waals surface area contributed by atoms with Crippen molar-refractivity contribution in [3.05, 3.63) is 35.4 Å². The zero-order valence-corrected chi connectivity index (χ0v) is 8.27. The van der Waals surface area contributed by atoms with E-state index in [0.29, 0.717) is 11.5 Å². The van der Waals surface area contributed by atoms with Crippen LogP contribution >= 0.6 is 0 Å². The molecule has 0 aliphatic heterocycles. The predicted octanol–water partition coefficient (Wildman–Crippen LogP) is 1.93. The molecular weight excluding hydrogens is 180 g/mol. The summed E-state index contributed by atoms with van der Waals surface area (Å²) in [6.45, 7) is 4.12. The van der Waals surface area contributed by atoms with Gasteiger partial charge in [0, 0.05) is 0 Å². The SMILES string of the molecule is CC(C)c1ccc([C@H](O)C(=O)O)cc1. The van der Waals surface area contributed by atoms with Crippen LogP contribution in [-0.2, 0) is 4.79 Å². The number of rotatable bonds is 3. The van der Waals surface area contributed by atoms with Gasteiger partial charge >= 0.3 is 5.97 Å². The molecule has 1 atom stereocenters. The fourth-order valence-corrected chi connectivity index (χ4v) is 1.21. The molecule has 0 amide bonds. The van der Waals surface area contributed by atoms with Crippen LogP contribution in [0.3, 0.4) is 0 Å². The standard InChI is InChI=1S/C11H14O3/c1-7(2)8-3-5-9(6-4-8)10(12)11(13)14/h3-7,10,12H,1-2H3,(H,13,14)/t10-/m0/s1. The lowest BCUT2D eigenvalue weighted by atomic mass is 10.00. The largest absolute Gasteiger partial charge is 0.479 e. The Morgan fingerprint density at radius 3 is 1.93 bits per heavy atom. The summed E-state index contributed by atoms with van der Waals surface area (Å²) >= 11 is 0. The van der Waals surface area contributed by atoms with E-state index in [1.54, 1.807) is 12.1 Å². The second-order valence-corrected chi connectivity index (χ2v) is 3.56. The molecule has 0 fully saturated rings. The summed E-state index contributed by atoms with van der Waals surface area (Å²) in [6.07, 6.45) is -1.42. The van der Waals surface area contributed by atoms with Crippen LogP contribution in [-0.4, -0.2) is 16.2 Å². The summed E-state index contributed by atoms with van der Waals surface area (Å²) < 4.78 is 0. The van der Waals surface area contributed by atoms with Gasteiger partial charge in [-0.05, 0) is 17.0 Å². The summed E-state index contributed by atoms with van der Waals surface area (Å²) in [7, 11) is 0. The quantitative estimate of drug-likeness (QED) is 0.773. The number of aliphatic hydroxyl groups is 1. The third kappa shape index (κ3) is 2.33. The van der Waals surface area contributed by atoms with Gasteiger partial charge < -0.3 is 10.2 Å². The van der Waals surface area contributed by atoms with Crippen LogP contribution in [0.2, 0.25) is 0 Å². The van der Waals surface area contributed by atoms with Gasteiger partial charge in [-0.1, -0.05) is 38.1 Å². The summed E-state index contributed by atoms with van der Waals surface area (Å²) in [5.74, 6) is -0.812. The minimum Gasteiger partial charge on any atom is -0.479 e. The third-order valence-corrected chi connectivity index (χ3v) is 2.15. The first-order valence-corrected chi connectivity index (χ1v) is 4.53. The number of benzene rings is 1. The summed E-state index contributed by atoms with van der Waals surface area (Å²) in [6, 6.07) is 6.97. The zero-order valence-electron chi connectivity index (χ0n) is 8.27. The van der Waals surface area contributed by atoms with Gasteiger partial charge in [-0.3, -0.25) is 0 Å². The van der Waals surface area contributed by atoms with Gasteiger partial charge in [0.25, 0.3) is 0 Å². The molecule has 1 rings (SSSR count). The van der Waals surface area contributed by atoms with E-state index in [4.69, 9.17) is 5.11 Å². The fraction of sp³-hybridized carbons (Fsp3) is 0.364. The lowest BCUT2D eigenvalue weighted by Crippen LogP contribution is -2.10. The maximum Gasteiger partial charge on any atom is 0.337 e. The number of carbonyl (C=O) groups is 1. The highest BCUT2D eigenvalue weighted by atomic mass is 16.4. The molecule has 2 N–H and O–H groups in total. The molecule has 0 unspecified atom stereocenters. The van der Waals surface area contributed by atoms with Crippen LogP contribution in [0.5, 0.6) is 0 Å². The minimum atomic E-state index is -1.42.